The molecule has 0 aromatic heterocycles. The van der Waals surface area contributed by atoms with Crippen molar-refractivity contribution in [2.24, 2.45) is 5.73 Å². The Labute approximate surface area is 75.3 Å². The molecule has 1 aromatic carbocycles. The first-order valence-electron chi connectivity index (χ1n) is 3.89. The van der Waals surface area contributed by atoms with Gasteiger partial charge < -0.3 is 5.73 Å². The Kier molecular flexibility index (Phi) is 1.81. The Morgan fingerprint density at radius 1 is 1.50 bits per heavy atom. The fourth-order valence-corrected chi connectivity index (χ4v) is 1.68. The van der Waals surface area contributed by atoms with Crippen molar-refractivity contribution in [3.63, 3.8) is 0 Å². The summed E-state index contributed by atoms with van der Waals surface area (Å²) in [6, 6.07) is 4.69. The number of benzene rings is 1. The second-order valence-electron chi connectivity index (χ2n) is 3.17. The van der Waals surface area contributed by atoms with Crippen molar-refractivity contribution in [3.8, 4) is 0 Å². The maximum absolute atomic E-state index is 12.6. The first-order chi connectivity index (χ1) is 5.68. The highest BCUT2D eigenvalue weighted by Gasteiger charge is 2.36. The van der Waals surface area contributed by atoms with E-state index in [9.17, 15) is 4.39 Å². The van der Waals surface area contributed by atoms with Crippen LogP contribution in [-0.2, 0) is 0 Å². The molecule has 2 N–H and O–H groups in total. The Bertz CT molecular complexity index is 313. The van der Waals surface area contributed by atoms with Crippen molar-refractivity contribution in [1.29, 1.82) is 0 Å². The average Bonchev–Trinajstić information content (AvgIpc) is 2.66. The van der Waals surface area contributed by atoms with Gasteiger partial charge in [-0.15, -0.1) is 0 Å². The van der Waals surface area contributed by atoms with Crippen molar-refractivity contribution < 1.29 is 4.39 Å². The van der Waals surface area contributed by atoms with Gasteiger partial charge in [0, 0.05) is 17.0 Å². The summed E-state index contributed by atoms with van der Waals surface area (Å²) in [4.78, 5) is 0. The largest absolute Gasteiger partial charge is 0.327 e. The third kappa shape index (κ3) is 1.32. The van der Waals surface area contributed by atoms with Crippen LogP contribution in [0.5, 0.6) is 0 Å². The minimum Gasteiger partial charge on any atom is -0.327 e. The van der Waals surface area contributed by atoms with Gasteiger partial charge >= 0.3 is 0 Å². The molecule has 1 aliphatic rings. The molecule has 1 saturated carbocycles. The van der Waals surface area contributed by atoms with E-state index in [-0.39, 0.29) is 11.9 Å². The normalized spacial score (nSPS) is 27.2. The molecule has 64 valence electrons. The lowest BCUT2D eigenvalue weighted by molar-refractivity contribution is 0.627. The lowest BCUT2D eigenvalue weighted by Crippen LogP contribution is -2.01. The molecular formula is C9H9ClFN. The van der Waals surface area contributed by atoms with E-state index in [1.54, 1.807) is 6.07 Å². The van der Waals surface area contributed by atoms with Gasteiger partial charge in [0.1, 0.15) is 5.82 Å². The van der Waals surface area contributed by atoms with E-state index < -0.39 is 0 Å². The molecular weight excluding hydrogens is 177 g/mol. The molecule has 2 unspecified atom stereocenters. The summed E-state index contributed by atoms with van der Waals surface area (Å²) in [6.45, 7) is 0. The monoisotopic (exact) mass is 185 g/mol. The number of hydrogen-bond acceptors (Lipinski definition) is 1. The summed E-state index contributed by atoms with van der Waals surface area (Å²) >= 11 is 5.83. The van der Waals surface area contributed by atoms with Crippen LogP contribution in [0.25, 0.3) is 0 Å². The van der Waals surface area contributed by atoms with Crippen molar-refractivity contribution >= 4 is 11.6 Å². The molecule has 1 nitrogen and oxygen atoms in total. The fourth-order valence-electron chi connectivity index (χ4n) is 1.37. The Hall–Kier alpha value is -0.600. The highest BCUT2D eigenvalue weighted by atomic mass is 35.5. The van der Waals surface area contributed by atoms with Crippen LogP contribution in [0.4, 0.5) is 4.39 Å². The third-order valence-electron chi connectivity index (χ3n) is 2.20. The van der Waals surface area contributed by atoms with Gasteiger partial charge in [-0.25, -0.2) is 4.39 Å². The molecule has 12 heavy (non-hydrogen) atoms. The summed E-state index contributed by atoms with van der Waals surface area (Å²) in [5.74, 6) is 0.0519. The van der Waals surface area contributed by atoms with Crippen LogP contribution in [0, 0.1) is 5.82 Å². The van der Waals surface area contributed by atoms with Crippen LogP contribution in [0.1, 0.15) is 17.9 Å². The topological polar surface area (TPSA) is 26.0 Å². The number of rotatable bonds is 1. The fraction of sp³-hybridized carbons (Fsp3) is 0.333. The standard InChI is InChI=1S/C9H9ClFN/c10-8-3-5(11)1-2-6(8)7-4-9(7)12/h1-3,7,9H,4,12H2. The van der Waals surface area contributed by atoms with Crippen molar-refractivity contribution in [3.05, 3.63) is 34.6 Å². The molecule has 1 aromatic rings. The summed E-state index contributed by atoms with van der Waals surface area (Å²) in [7, 11) is 0. The first kappa shape index (κ1) is 8.02. The number of hydrogen-bond donors (Lipinski definition) is 1. The van der Waals surface area contributed by atoms with Gasteiger partial charge in [-0.05, 0) is 24.1 Å². The summed E-state index contributed by atoms with van der Waals surface area (Å²) in [5, 5.41) is 0.493. The second-order valence-corrected chi connectivity index (χ2v) is 3.58. The van der Waals surface area contributed by atoms with Gasteiger partial charge in [0.25, 0.3) is 0 Å². The van der Waals surface area contributed by atoms with Gasteiger partial charge in [0.05, 0.1) is 0 Å². The van der Waals surface area contributed by atoms with Crippen LogP contribution >= 0.6 is 11.6 Å². The third-order valence-corrected chi connectivity index (χ3v) is 2.53. The van der Waals surface area contributed by atoms with E-state index in [2.05, 4.69) is 0 Å². The van der Waals surface area contributed by atoms with Crippen molar-refractivity contribution in [2.75, 3.05) is 0 Å². The predicted molar refractivity (Wildman–Crippen MR) is 46.7 cm³/mol. The highest BCUT2D eigenvalue weighted by Crippen LogP contribution is 2.42. The molecule has 1 fully saturated rings. The smallest absolute Gasteiger partial charge is 0.124 e. The van der Waals surface area contributed by atoms with Crippen LogP contribution in [0.15, 0.2) is 18.2 Å². The molecule has 0 radical (unpaired) electrons. The molecule has 0 heterocycles. The number of nitrogens with two attached hydrogens (primary N) is 1. The molecule has 0 bridgehead atoms. The van der Waals surface area contributed by atoms with E-state index in [0.717, 1.165) is 12.0 Å². The summed E-state index contributed by atoms with van der Waals surface area (Å²) in [6.07, 6.45) is 0.964. The lowest BCUT2D eigenvalue weighted by atomic mass is 10.1. The van der Waals surface area contributed by atoms with Gasteiger partial charge in [0.15, 0.2) is 0 Å². The zero-order valence-corrected chi connectivity index (χ0v) is 7.18. The van der Waals surface area contributed by atoms with E-state index in [4.69, 9.17) is 17.3 Å². The van der Waals surface area contributed by atoms with Gasteiger partial charge in [0.2, 0.25) is 0 Å². The summed E-state index contributed by atoms with van der Waals surface area (Å²) in [5.41, 5.74) is 6.63. The molecule has 3 heteroatoms. The maximum Gasteiger partial charge on any atom is 0.124 e. The molecule has 2 rings (SSSR count). The molecule has 0 saturated heterocycles. The Morgan fingerprint density at radius 3 is 2.67 bits per heavy atom. The minimum absolute atomic E-state index is 0.216. The first-order valence-corrected chi connectivity index (χ1v) is 4.27. The maximum atomic E-state index is 12.6. The molecule has 2 atom stereocenters. The van der Waals surface area contributed by atoms with Gasteiger partial charge in [-0.1, -0.05) is 17.7 Å². The lowest BCUT2D eigenvalue weighted by Gasteiger charge is -2.01. The van der Waals surface area contributed by atoms with Gasteiger partial charge in [-0.2, -0.15) is 0 Å². The van der Waals surface area contributed by atoms with Gasteiger partial charge in [-0.3, -0.25) is 0 Å². The highest BCUT2D eigenvalue weighted by molar-refractivity contribution is 6.31. The molecule has 0 spiro atoms. The van der Waals surface area contributed by atoms with Crippen LogP contribution in [0.3, 0.4) is 0 Å². The van der Waals surface area contributed by atoms with E-state index in [1.165, 1.54) is 12.1 Å². The SMILES string of the molecule is NC1CC1c1ccc(F)cc1Cl. The van der Waals surface area contributed by atoms with Crippen molar-refractivity contribution in [1.82, 2.24) is 0 Å². The second kappa shape index (κ2) is 2.71. The predicted octanol–water partition coefficient (Wildman–Crippen LogP) is 2.29. The van der Waals surface area contributed by atoms with E-state index in [0.29, 0.717) is 10.9 Å². The molecule has 0 aliphatic heterocycles. The van der Waals surface area contributed by atoms with Crippen molar-refractivity contribution in [2.45, 2.75) is 18.4 Å². The number of halogens is 2. The quantitative estimate of drug-likeness (QED) is 0.714. The molecule has 0 amide bonds. The Morgan fingerprint density at radius 2 is 2.17 bits per heavy atom. The zero-order chi connectivity index (χ0) is 8.72. The van der Waals surface area contributed by atoms with E-state index >= 15 is 0 Å². The van der Waals surface area contributed by atoms with Crippen LogP contribution in [-0.4, -0.2) is 6.04 Å². The zero-order valence-electron chi connectivity index (χ0n) is 6.43. The summed E-state index contributed by atoms with van der Waals surface area (Å²) < 4.78 is 12.6. The Balaban J connectivity index is 2.33. The van der Waals surface area contributed by atoms with Crippen LogP contribution < -0.4 is 5.73 Å². The van der Waals surface area contributed by atoms with E-state index in [1.807, 2.05) is 0 Å². The minimum atomic E-state index is -0.294. The molecule has 1 aliphatic carbocycles. The average molecular weight is 186 g/mol. The van der Waals surface area contributed by atoms with Crippen LogP contribution in [0.2, 0.25) is 5.02 Å².